The first kappa shape index (κ1) is 10.9. The van der Waals surface area contributed by atoms with Gasteiger partial charge in [0.15, 0.2) is 0 Å². The van der Waals surface area contributed by atoms with E-state index in [0.29, 0.717) is 5.69 Å². The Morgan fingerprint density at radius 3 is 2.75 bits per heavy atom. The zero-order valence-electron chi connectivity index (χ0n) is 8.17. The highest BCUT2D eigenvalue weighted by molar-refractivity contribution is 6.30. The van der Waals surface area contributed by atoms with Gasteiger partial charge in [-0.3, -0.25) is 15.0 Å². The average Bonchev–Trinajstić information content (AvgIpc) is 2.22. The minimum absolute atomic E-state index is 0.00255. The average molecular weight is 243 g/mol. The summed E-state index contributed by atoms with van der Waals surface area (Å²) in [5, 5.41) is 2.15. The van der Waals surface area contributed by atoms with Crippen LogP contribution < -0.4 is 10.2 Å². The number of benzene rings is 1. The number of hydrogen-bond acceptors (Lipinski definition) is 2. The lowest BCUT2D eigenvalue weighted by Crippen LogP contribution is -2.49. The second kappa shape index (κ2) is 4.09. The zero-order chi connectivity index (χ0) is 11.7. The topological polar surface area (TPSA) is 49.4 Å². The maximum absolute atomic E-state index is 13.2. The molecule has 1 saturated heterocycles. The Morgan fingerprint density at radius 1 is 1.38 bits per heavy atom. The Bertz CT molecular complexity index is 464. The molecule has 2 rings (SSSR count). The van der Waals surface area contributed by atoms with Crippen molar-refractivity contribution in [3.63, 3.8) is 0 Å². The maximum atomic E-state index is 13.2. The van der Waals surface area contributed by atoms with Crippen LogP contribution in [-0.4, -0.2) is 18.5 Å². The van der Waals surface area contributed by atoms with Crippen molar-refractivity contribution in [2.75, 3.05) is 11.4 Å². The van der Waals surface area contributed by atoms with Crippen LogP contribution in [0.2, 0.25) is 5.02 Å². The van der Waals surface area contributed by atoms with Crippen LogP contribution in [0.25, 0.3) is 0 Å². The number of imide groups is 1. The van der Waals surface area contributed by atoms with Crippen LogP contribution >= 0.6 is 11.6 Å². The molecule has 0 saturated carbocycles. The van der Waals surface area contributed by atoms with E-state index < -0.39 is 11.8 Å². The summed E-state index contributed by atoms with van der Waals surface area (Å²) < 4.78 is 13.2. The molecule has 4 nitrogen and oxygen atoms in total. The molecule has 84 valence electrons. The molecule has 0 aliphatic carbocycles. The van der Waals surface area contributed by atoms with Crippen molar-refractivity contribution in [1.82, 2.24) is 5.32 Å². The van der Waals surface area contributed by atoms with Gasteiger partial charge in [0.2, 0.25) is 5.91 Å². The molecular formula is C10H8ClFN2O2. The number of urea groups is 1. The third kappa shape index (κ3) is 1.99. The smallest absolute Gasteiger partial charge is 0.294 e. The first-order valence-electron chi connectivity index (χ1n) is 4.64. The Balaban J connectivity index is 2.27. The van der Waals surface area contributed by atoms with Gasteiger partial charge in [-0.25, -0.2) is 9.18 Å². The molecule has 1 aromatic rings. The summed E-state index contributed by atoms with van der Waals surface area (Å²) in [6.07, 6.45) is 0.204. The summed E-state index contributed by atoms with van der Waals surface area (Å²) in [7, 11) is 0. The Hall–Kier alpha value is -1.62. The van der Waals surface area contributed by atoms with Gasteiger partial charge in [0.25, 0.3) is 0 Å². The van der Waals surface area contributed by atoms with Gasteiger partial charge in [-0.2, -0.15) is 0 Å². The standard InChI is InChI=1S/C10H8ClFN2O2/c11-7-2-1-6(5-8(7)12)14-4-3-9(15)13-10(14)16/h1-2,5H,3-4H2,(H,13,15,16). The third-order valence-electron chi connectivity index (χ3n) is 2.27. The number of nitrogens with zero attached hydrogens (tertiary/aromatic N) is 1. The van der Waals surface area contributed by atoms with Gasteiger partial charge in [0, 0.05) is 18.7 Å². The Labute approximate surface area is 96.0 Å². The van der Waals surface area contributed by atoms with Crippen LogP contribution in [-0.2, 0) is 4.79 Å². The fourth-order valence-corrected chi connectivity index (χ4v) is 1.58. The minimum Gasteiger partial charge on any atom is -0.294 e. The molecule has 1 N–H and O–H groups in total. The lowest BCUT2D eigenvalue weighted by molar-refractivity contribution is -0.120. The van der Waals surface area contributed by atoms with Gasteiger partial charge in [-0.1, -0.05) is 11.6 Å². The first-order valence-corrected chi connectivity index (χ1v) is 5.02. The van der Waals surface area contributed by atoms with Gasteiger partial charge in [0.1, 0.15) is 5.82 Å². The molecule has 16 heavy (non-hydrogen) atoms. The molecule has 1 aliphatic rings. The van der Waals surface area contributed by atoms with Crippen molar-refractivity contribution < 1.29 is 14.0 Å². The number of rotatable bonds is 1. The van der Waals surface area contributed by atoms with E-state index in [9.17, 15) is 14.0 Å². The Kier molecular flexibility index (Phi) is 2.78. The van der Waals surface area contributed by atoms with E-state index in [1.54, 1.807) is 0 Å². The molecule has 0 unspecified atom stereocenters. The molecule has 6 heteroatoms. The lowest BCUT2D eigenvalue weighted by Gasteiger charge is -2.26. The molecule has 1 fully saturated rings. The van der Waals surface area contributed by atoms with E-state index in [4.69, 9.17) is 11.6 Å². The number of nitrogens with one attached hydrogen (secondary N) is 1. The van der Waals surface area contributed by atoms with Crippen LogP contribution in [0.15, 0.2) is 18.2 Å². The maximum Gasteiger partial charge on any atom is 0.328 e. The van der Waals surface area contributed by atoms with Crippen LogP contribution in [0.5, 0.6) is 0 Å². The monoisotopic (exact) mass is 242 g/mol. The summed E-state index contributed by atoms with van der Waals surface area (Å²) in [6.45, 7) is 0.242. The molecule has 0 aromatic heterocycles. The molecule has 0 atom stereocenters. The van der Waals surface area contributed by atoms with Gasteiger partial charge < -0.3 is 0 Å². The predicted molar refractivity (Wildman–Crippen MR) is 56.9 cm³/mol. The van der Waals surface area contributed by atoms with Crippen molar-refractivity contribution in [2.45, 2.75) is 6.42 Å². The predicted octanol–water partition coefficient (Wildman–Crippen LogP) is 1.93. The lowest BCUT2D eigenvalue weighted by atomic mass is 10.2. The second-order valence-electron chi connectivity index (χ2n) is 3.35. The summed E-state index contributed by atoms with van der Waals surface area (Å²) in [4.78, 5) is 23.6. The van der Waals surface area contributed by atoms with Crippen molar-refractivity contribution in [2.24, 2.45) is 0 Å². The van der Waals surface area contributed by atoms with Crippen molar-refractivity contribution in [3.8, 4) is 0 Å². The number of carbonyl (C=O) groups excluding carboxylic acids is 2. The fourth-order valence-electron chi connectivity index (χ4n) is 1.46. The first-order chi connectivity index (χ1) is 7.58. The fraction of sp³-hybridized carbons (Fsp3) is 0.200. The van der Waals surface area contributed by atoms with Crippen LogP contribution in [0.1, 0.15) is 6.42 Å². The molecule has 1 heterocycles. The highest BCUT2D eigenvalue weighted by atomic mass is 35.5. The highest BCUT2D eigenvalue weighted by Crippen LogP contribution is 2.23. The SMILES string of the molecule is O=C1CCN(c2ccc(Cl)c(F)c2)C(=O)N1. The third-order valence-corrected chi connectivity index (χ3v) is 2.58. The molecule has 0 radical (unpaired) electrons. The van der Waals surface area contributed by atoms with E-state index in [0.717, 1.165) is 6.07 Å². The van der Waals surface area contributed by atoms with Gasteiger partial charge >= 0.3 is 6.03 Å². The van der Waals surface area contributed by atoms with E-state index in [-0.39, 0.29) is 23.9 Å². The second-order valence-corrected chi connectivity index (χ2v) is 3.76. The number of halogens is 2. The molecule has 1 aliphatic heterocycles. The van der Waals surface area contributed by atoms with E-state index >= 15 is 0 Å². The summed E-state index contributed by atoms with van der Waals surface area (Å²) in [6, 6.07) is 3.52. The number of amides is 3. The highest BCUT2D eigenvalue weighted by Gasteiger charge is 2.24. The summed E-state index contributed by atoms with van der Waals surface area (Å²) >= 11 is 5.53. The van der Waals surface area contributed by atoms with Crippen molar-refractivity contribution >= 4 is 29.2 Å². The van der Waals surface area contributed by atoms with Crippen LogP contribution in [0.4, 0.5) is 14.9 Å². The van der Waals surface area contributed by atoms with Crippen molar-refractivity contribution in [1.29, 1.82) is 0 Å². The van der Waals surface area contributed by atoms with Crippen molar-refractivity contribution in [3.05, 3.63) is 29.0 Å². The van der Waals surface area contributed by atoms with Gasteiger partial charge in [0.05, 0.1) is 5.02 Å². The summed E-state index contributed by atoms with van der Waals surface area (Å²) in [5.41, 5.74) is 0.381. The quantitative estimate of drug-likeness (QED) is 0.818. The van der Waals surface area contributed by atoms with E-state index in [2.05, 4.69) is 5.32 Å². The molecule has 0 spiro atoms. The largest absolute Gasteiger partial charge is 0.328 e. The van der Waals surface area contributed by atoms with E-state index in [1.165, 1.54) is 17.0 Å². The summed E-state index contributed by atoms with van der Waals surface area (Å²) in [5.74, 6) is -0.917. The van der Waals surface area contributed by atoms with E-state index in [1.807, 2.05) is 0 Å². The van der Waals surface area contributed by atoms with Gasteiger partial charge in [-0.05, 0) is 18.2 Å². The van der Waals surface area contributed by atoms with Crippen LogP contribution in [0, 0.1) is 5.82 Å². The molecular weight excluding hydrogens is 235 g/mol. The number of hydrogen-bond donors (Lipinski definition) is 1. The van der Waals surface area contributed by atoms with Crippen LogP contribution in [0.3, 0.4) is 0 Å². The Morgan fingerprint density at radius 2 is 2.12 bits per heavy atom. The number of anilines is 1. The zero-order valence-corrected chi connectivity index (χ0v) is 8.92. The minimum atomic E-state index is -0.594. The van der Waals surface area contributed by atoms with Gasteiger partial charge in [-0.15, -0.1) is 0 Å². The normalized spacial score (nSPS) is 16.2. The number of carbonyl (C=O) groups is 2. The molecule has 1 aromatic carbocycles. The molecule has 0 bridgehead atoms. The molecule has 3 amide bonds.